The number of carbonyl (C=O) groups excluding carboxylic acids is 1. The van der Waals surface area contributed by atoms with E-state index in [-0.39, 0.29) is 22.2 Å². The number of halogens is 2. The smallest absolute Gasteiger partial charge is 0.258 e. The number of hydrogen-bond donors (Lipinski definition) is 1. The molecule has 1 amide bonds. The first kappa shape index (κ1) is 13.6. The number of anilines is 1. The molecule has 98 valence electrons. The molecule has 6 nitrogen and oxygen atoms in total. The Morgan fingerprint density at radius 1 is 1.16 bits per heavy atom. The van der Waals surface area contributed by atoms with Crippen molar-refractivity contribution in [2.75, 3.05) is 5.32 Å². The third-order valence-corrected chi connectivity index (χ3v) is 2.62. The van der Waals surface area contributed by atoms with E-state index in [1.165, 1.54) is 6.07 Å². The lowest BCUT2D eigenvalue weighted by Crippen LogP contribution is -2.16. The molecule has 1 N–H and O–H groups in total. The number of amides is 1. The van der Waals surface area contributed by atoms with E-state index in [9.17, 15) is 4.79 Å². The van der Waals surface area contributed by atoms with Crippen LogP contribution in [-0.2, 0) is 0 Å². The second-order valence-corrected chi connectivity index (χ2v) is 4.51. The predicted molar refractivity (Wildman–Crippen MR) is 71.5 cm³/mol. The van der Waals surface area contributed by atoms with Crippen LogP contribution in [-0.4, -0.2) is 26.1 Å². The number of rotatable bonds is 2. The van der Waals surface area contributed by atoms with Crippen molar-refractivity contribution in [3.8, 4) is 0 Å². The molecule has 0 saturated carbocycles. The summed E-state index contributed by atoms with van der Waals surface area (Å²) in [5, 5.41) is 10.4. The molecular formula is C11H9Cl2N5O. The number of aromatic nitrogens is 4. The highest BCUT2D eigenvalue weighted by atomic mass is 35.5. The SMILES string of the molecule is Cc1cc(C(=O)Nc2cc(Cl)nc(Cl)n2)c(C)nn1. The standard InChI is InChI=1S/C11H9Cl2N5O/c1-5-3-7(6(2)18-17-5)10(19)15-9-4-8(12)14-11(13)16-9/h3-4H,1-2H3,(H,14,15,16,19). The molecule has 0 unspecified atom stereocenters. The summed E-state index contributed by atoms with van der Waals surface area (Å²) in [6, 6.07) is 3.05. The number of aryl methyl sites for hydroxylation is 2. The maximum absolute atomic E-state index is 12.1. The third kappa shape index (κ3) is 3.36. The zero-order chi connectivity index (χ0) is 14.0. The quantitative estimate of drug-likeness (QED) is 0.680. The first-order valence-corrected chi connectivity index (χ1v) is 6.03. The summed E-state index contributed by atoms with van der Waals surface area (Å²) >= 11 is 11.4. The van der Waals surface area contributed by atoms with Crippen molar-refractivity contribution in [2.45, 2.75) is 13.8 Å². The molecule has 0 aliphatic carbocycles. The average molecular weight is 298 g/mol. The molecule has 0 spiro atoms. The number of carbonyl (C=O) groups is 1. The minimum Gasteiger partial charge on any atom is -0.306 e. The Kier molecular flexibility index (Phi) is 3.92. The van der Waals surface area contributed by atoms with Crippen molar-refractivity contribution in [3.05, 3.63) is 39.5 Å². The van der Waals surface area contributed by atoms with Gasteiger partial charge in [0.25, 0.3) is 5.91 Å². The number of hydrogen-bond acceptors (Lipinski definition) is 5. The Balaban J connectivity index is 2.28. The average Bonchev–Trinajstić information content (AvgIpc) is 2.30. The summed E-state index contributed by atoms with van der Waals surface area (Å²) in [4.78, 5) is 19.6. The Morgan fingerprint density at radius 2 is 1.89 bits per heavy atom. The molecule has 19 heavy (non-hydrogen) atoms. The van der Waals surface area contributed by atoms with E-state index in [0.29, 0.717) is 17.0 Å². The Labute approximate surface area is 119 Å². The van der Waals surface area contributed by atoms with Crippen LogP contribution in [0.15, 0.2) is 12.1 Å². The second kappa shape index (κ2) is 5.46. The van der Waals surface area contributed by atoms with E-state index in [1.54, 1.807) is 19.9 Å². The van der Waals surface area contributed by atoms with Gasteiger partial charge in [-0.15, -0.1) is 0 Å². The minimum absolute atomic E-state index is 0.0384. The van der Waals surface area contributed by atoms with Crippen molar-refractivity contribution >= 4 is 34.9 Å². The molecule has 0 bridgehead atoms. The van der Waals surface area contributed by atoms with Gasteiger partial charge in [-0.1, -0.05) is 11.6 Å². The van der Waals surface area contributed by atoms with Crippen molar-refractivity contribution in [1.82, 2.24) is 20.2 Å². The molecule has 0 fully saturated rings. The van der Waals surface area contributed by atoms with Gasteiger partial charge < -0.3 is 5.32 Å². The summed E-state index contributed by atoms with van der Waals surface area (Å²) in [5.74, 6) is -0.134. The fraction of sp³-hybridized carbons (Fsp3) is 0.182. The van der Waals surface area contributed by atoms with Crippen LogP contribution in [0.25, 0.3) is 0 Å². The lowest BCUT2D eigenvalue weighted by atomic mass is 10.2. The Morgan fingerprint density at radius 3 is 2.58 bits per heavy atom. The predicted octanol–water partition coefficient (Wildman–Crippen LogP) is 2.44. The summed E-state index contributed by atoms with van der Waals surface area (Å²) < 4.78 is 0. The van der Waals surface area contributed by atoms with Gasteiger partial charge in [0.15, 0.2) is 0 Å². The van der Waals surface area contributed by atoms with Gasteiger partial charge in [0, 0.05) is 6.07 Å². The van der Waals surface area contributed by atoms with Crippen LogP contribution in [0.1, 0.15) is 21.7 Å². The van der Waals surface area contributed by atoms with Crippen molar-refractivity contribution in [3.63, 3.8) is 0 Å². The molecular weight excluding hydrogens is 289 g/mol. The normalized spacial score (nSPS) is 10.3. The first-order chi connectivity index (χ1) is 8.95. The highest BCUT2D eigenvalue weighted by Crippen LogP contribution is 2.16. The molecule has 0 aliphatic heterocycles. The Bertz CT molecular complexity index is 627. The number of nitrogens with zero attached hydrogens (tertiary/aromatic N) is 4. The largest absolute Gasteiger partial charge is 0.306 e. The molecule has 0 aromatic carbocycles. The topological polar surface area (TPSA) is 80.7 Å². The monoisotopic (exact) mass is 297 g/mol. The van der Waals surface area contributed by atoms with Crippen LogP contribution in [0.2, 0.25) is 10.4 Å². The molecule has 2 aromatic rings. The molecule has 8 heteroatoms. The van der Waals surface area contributed by atoms with E-state index in [1.807, 2.05) is 0 Å². The van der Waals surface area contributed by atoms with Gasteiger partial charge in [0.2, 0.25) is 5.28 Å². The maximum atomic E-state index is 12.1. The van der Waals surface area contributed by atoms with Crippen LogP contribution >= 0.6 is 23.2 Å². The molecule has 2 rings (SSSR count). The van der Waals surface area contributed by atoms with Gasteiger partial charge >= 0.3 is 0 Å². The third-order valence-electron chi connectivity index (χ3n) is 2.25. The van der Waals surface area contributed by atoms with Gasteiger partial charge in [0.05, 0.1) is 17.0 Å². The van der Waals surface area contributed by atoms with E-state index < -0.39 is 0 Å². The lowest BCUT2D eigenvalue weighted by Gasteiger charge is -2.07. The fourth-order valence-corrected chi connectivity index (χ4v) is 1.83. The summed E-state index contributed by atoms with van der Waals surface area (Å²) in [7, 11) is 0. The van der Waals surface area contributed by atoms with E-state index in [0.717, 1.165) is 0 Å². The molecule has 0 saturated heterocycles. The second-order valence-electron chi connectivity index (χ2n) is 3.78. The first-order valence-electron chi connectivity index (χ1n) is 5.28. The summed E-state index contributed by atoms with van der Waals surface area (Å²) in [6.45, 7) is 3.45. The number of nitrogens with one attached hydrogen (secondary N) is 1. The van der Waals surface area contributed by atoms with Crippen LogP contribution in [0.3, 0.4) is 0 Å². The van der Waals surface area contributed by atoms with Gasteiger partial charge in [-0.2, -0.15) is 10.2 Å². The van der Waals surface area contributed by atoms with Gasteiger partial charge in [-0.3, -0.25) is 4.79 Å². The van der Waals surface area contributed by atoms with Gasteiger partial charge in [-0.25, -0.2) is 9.97 Å². The van der Waals surface area contributed by atoms with Crippen molar-refractivity contribution < 1.29 is 4.79 Å². The van der Waals surface area contributed by atoms with Crippen LogP contribution in [0, 0.1) is 13.8 Å². The minimum atomic E-state index is -0.360. The van der Waals surface area contributed by atoms with Crippen LogP contribution in [0.5, 0.6) is 0 Å². The summed E-state index contributed by atoms with van der Waals surface area (Å²) in [5.41, 5.74) is 1.59. The van der Waals surface area contributed by atoms with E-state index in [2.05, 4.69) is 25.5 Å². The lowest BCUT2D eigenvalue weighted by molar-refractivity contribution is 0.102. The van der Waals surface area contributed by atoms with Gasteiger partial charge in [0.1, 0.15) is 11.0 Å². The molecule has 0 radical (unpaired) electrons. The highest BCUT2D eigenvalue weighted by molar-refractivity contribution is 6.32. The van der Waals surface area contributed by atoms with Crippen LogP contribution in [0.4, 0.5) is 5.82 Å². The summed E-state index contributed by atoms with van der Waals surface area (Å²) in [6.07, 6.45) is 0. The van der Waals surface area contributed by atoms with E-state index in [4.69, 9.17) is 23.2 Å². The van der Waals surface area contributed by atoms with Crippen molar-refractivity contribution in [1.29, 1.82) is 0 Å². The maximum Gasteiger partial charge on any atom is 0.258 e. The molecule has 2 heterocycles. The fourth-order valence-electron chi connectivity index (χ4n) is 1.42. The van der Waals surface area contributed by atoms with Gasteiger partial charge in [-0.05, 0) is 31.5 Å². The zero-order valence-corrected chi connectivity index (χ0v) is 11.6. The highest BCUT2D eigenvalue weighted by Gasteiger charge is 2.13. The zero-order valence-electron chi connectivity index (χ0n) is 10.1. The van der Waals surface area contributed by atoms with Crippen molar-refractivity contribution in [2.24, 2.45) is 0 Å². The van der Waals surface area contributed by atoms with E-state index >= 15 is 0 Å². The van der Waals surface area contributed by atoms with Crippen LogP contribution < -0.4 is 5.32 Å². The molecule has 0 aliphatic rings. The Hall–Kier alpha value is -1.79. The molecule has 2 aromatic heterocycles. The molecule has 0 atom stereocenters.